The van der Waals surface area contributed by atoms with E-state index in [0.29, 0.717) is 0 Å². The molecule has 1 spiro atoms. The molecule has 12 aromatic carbocycles. The van der Waals surface area contributed by atoms with Gasteiger partial charge in [0.1, 0.15) is 0 Å². The molecule has 6 heterocycles. The van der Waals surface area contributed by atoms with Crippen molar-refractivity contribution in [2.75, 3.05) is 0 Å². The molecule has 0 N–H and O–H groups in total. The number of rotatable bonds is 2. The number of benzene rings is 12. The Kier molecular flexibility index (Phi) is 9.49. The lowest BCUT2D eigenvalue weighted by atomic mass is 9.35. The summed E-state index contributed by atoms with van der Waals surface area (Å²) in [5.41, 5.74) is 34.3. The minimum atomic E-state index is -0.550. The second kappa shape index (κ2) is 16.8. The van der Waals surface area contributed by atoms with Gasteiger partial charge in [0.2, 0.25) is 13.4 Å². The summed E-state index contributed by atoms with van der Waals surface area (Å²) in [7, 11) is 0. The van der Waals surface area contributed by atoms with Crippen LogP contribution in [0.2, 0.25) is 0 Å². The summed E-state index contributed by atoms with van der Waals surface area (Å²) in [6, 6.07) is 90.7. The third-order valence-corrected chi connectivity index (χ3v) is 23.2. The summed E-state index contributed by atoms with van der Waals surface area (Å²) >= 11 is 3.98. The molecule has 408 valence electrons. The predicted molar refractivity (Wildman–Crippen MR) is 370 cm³/mol. The van der Waals surface area contributed by atoms with Gasteiger partial charge in [-0.25, -0.2) is 0 Å². The van der Waals surface area contributed by atoms with E-state index in [1.807, 2.05) is 23.5 Å². The number of nitrogens with zero attached hydrogens (tertiary/aromatic N) is 2. The summed E-state index contributed by atoms with van der Waals surface area (Å²) < 4.78 is 5.21. The number of hydrogen-bond donors (Lipinski definition) is 0. The van der Waals surface area contributed by atoms with E-state index in [4.69, 9.17) is 0 Å². The van der Waals surface area contributed by atoms with Crippen molar-refractivity contribution in [3.8, 4) is 55.9 Å². The Balaban J connectivity index is 0.825. The molecule has 0 saturated heterocycles. The largest absolute Gasteiger partial charge is 0.310 e. The Labute approximate surface area is 516 Å². The lowest BCUT2D eigenvalue weighted by Crippen LogP contribution is -2.59. The minimum Gasteiger partial charge on any atom is -0.310 e. The second-order valence-corrected chi connectivity index (χ2v) is 29.6. The molecule has 6 aliphatic rings. The highest BCUT2D eigenvalue weighted by molar-refractivity contribution is 8.00. The first-order chi connectivity index (χ1) is 42.4. The highest BCUT2D eigenvalue weighted by Crippen LogP contribution is 2.64. The molecule has 0 bridgehead atoms. The van der Waals surface area contributed by atoms with Gasteiger partial charge in [-0.3, -0.25) is 0 Å². The Morgan fingerprint density at radius 2 is 0.724 bits per heavy atom. The van der Waals surface area contributed by atoms with E-state index >= 15 is 0 Å². The van der Waals surface area contributed by atoms with Crippen molar-refractivity contribution in [3.05, 3.63) is 264 Å². The summed E-state index contributed by atoms with van der Waals surface area (Å²) in [4.78, 5) is 5.37. The van der Waals surface area contributed by atoms with Crippen LogP contribution in [-0.2, 0) is 16.2 Å². The van der Waals surface area contributed by atoms with Crippen molar-refractivity contribution >= 4 is 113 Å². The smallest absolute Gasteiger partial charge is 0.249 e. The number of fused-ring (bicyclic) bond motifs is 24. The van der Waals surface area contributed by atoms with Gasteiger partial charge in [0.25, 0.3) is 0 Å². The minimum absolute atomic E-state index is 0.0505. The van der Waals surface area contributed by atoms with Gasteiger partial charge in [-0.1, -0.05) is 258 Å². The van der Waals surface area contributed by atoms with Crippen LogP contribution in [0.3, 0.4) is 0 Å². The van der Waals surface area contributed by atoms with Crippen molar-refractivity contribution in [3.63, 3.8) is 0 Å². The number of hydrogen-bond acceptors (Lipinski definition) is 2. The Morgan fingerprint density at radius 3 is 1.16 bits per heavy atom. The van der Waals surface area contributed by atoms with Crippen LogP contribution in [0.25, 0.3) is 99.5 Å². The van der Waals surface area contributed by atoms with Crippen LogP contribution in [0.5, 0.6) is 0 Å². The maximum absolute atomic E-state index is 2.67. The maximum atomic E-state index is 2.67. The zero-order chi connectivity index (χ0) is 57.7. The Bertz CT molecular complexity index is 5150. The lowest BCUT2D eigenvalue weighted by molar-refractivity contribution is 0.590. The average molecular weight is 1140 g/mol. The van der Waals surface area contributed by atoms with Crippen molar-refractivity contribution in [2.45, 2.75) is 77.4 Å². The molecule has 2 aromatic heterocycles. The fraction of sp³-hybridized carbons (Fsp3) is 0.111. The highest BCUT2D eigenvalue weighted by Gasteiger charge is 2.54. The summed E-state index contributed by atoms with van der Waals surface area (Å²) in [5, 5.41) is 5.24. The summed E-state index contributed by atoms with van der Waals surface area (Å²) in [6.07, 6.45) is 0. The van der Waals surface area contributed by atoms with E-state index in [2.05, 4.69) is 281 Å². The Morgan fingerprint density at radius 1 is 0.322 bits per heavy atom. The first kappa shape index (κ1) is 49.2. The highest BCUT2D eigenvalue weighted by atomic mass is 32.2. The van der Waals surface area contributed by atoms with Gasteiger partial charge in [-0.2, -0.15) is 0 Å². The van der Waals surface area contributed by atoms with E-state index in [9.17, 15) is 0 Å². The molecule has 6 heteroatoms. The molecule has 0 amide bonds. The van der Waals surface area contributed by atoms with Gasteiger partial charge >= 0.3 is 0 Å². The van der Waals surface area contributed by atoms with Crippen molar-refractivity contribution in [1.29, 1.82) is 0 Å². The molecular formula is C81H56B2N2S2. The van der Waals surface area contributed by atoms with Gasteiger partial charge in [0.15, 0.2) is 0 Å². The lowest BCUT2D eigenvalue weighted by Gasteiger charge is -2.36. The van der Waals surface area contributed by atoms with E-state index in [0.717, 1.165) is 0 Å². The molecule has 0 atom stereocenters. The molecule has 0 radical (unpaired) electrons. The van der Waals surface area contributed by atoms with Gasteiger partial charge in [-0.05, 0) is 159 Å². The Hall–Kier alpha value is -8.93. The SMILES string of the molecule is CC(C)(C)c1ccc(-c2cc3c4c(c2)-n2c5ccccc5c5cccc(c52)B4c2cc4c(cc2S3)C2(c3ccccc3-4)c3ccccc3-c3cc4c(cc32)Sc2cc(-c3ccc(C(C)(C)C)cc3)cc3c2B4c2cccc4c5ccccc5n-3c24)cc1. The first-order valence-electron chi connectivity index (χ1n) is 30.9. The maximum Gasteiger partial charge on any atom is 0.249 e. The first-order valence-corrected chi connectivity index (χ1v) is 32.6. The van der Waals surface area contributed by atoms with Crippen LogP contribution >= 0.6 is 23.5 Å². The zero-order valence-corrected chi connectivity index (χ0v) is 50.9. The van der Waals surface area contributed by atoms with Crippen LogP contribution in [-0.4, -0.2) is 22.6 Å². The summed E-state index contributed by atoms with van der Waals surface area (Å²) in [6.45, 7) is 13.9. The molecule has 0 saturated carbocycles. The molecule has 0 fully saturated rings. The third-order valence-electron chi connectivity index (χ3n) is 21.0. The van der Waals surface area contributed by atoms with Crippen molar-refractivity contribution in [2.24, 2.45) is 0 Å². The van der Waals surface area contributed by atoms with Crippen molar-refractivity contribution in [1.82, 2.24) is 9.13 Å². The van der Waals surface area contributed by atoms with Crippen LogP contribution in [0.15, 0.2) is 250 Å². The normalized spacial score (nSPS) is 14.7. The average Bonchev–Trinajstić information content (AvgIpc) is 1.60. The van der Waals surface area contributed by atoms with E-state index < -0.39 is 5.41 Å². The van der Waals surface area contributed by atoms with E-state index in [1.54, 1.807) is 0 Å². The molecule has 87 heavy (non-hydrogen) atoms. The van der Waals surface area contributed by atoms with Gasteiger partial charge < -0.3 is 9.13 Å². The monoisotopic (exact) mass is 1140 g/mol. The predicted octanol–water partition coefficient (Wildman–Crippen LogP) is 16.7. The molecular weight excluding hydrogens is 1090 g/mol. The zero-order valence-electron chi connectivity index (χ0n) is 49.3. The summed E-state index contributed by atoms with van der Waals surface area (Å²) in [5.74, 6) is 0. The number of para-hydroxylation sites is 4. The number of aromatic nitrogens is 2. The molecule has 0 unspecified atom stereocenters. The standard InChI is InChI=1S/C81H56B2N2S2/c1-79(2,3)49-33-29-45(30-34-49)47-37-69-75-73(39-47)86-71-43-61-57(41-65(71)82(75)63-25-15-21-55-53-19-9-13-27-67(53)84(69)77(55)63)51-17-7-11-23-59(51)81(61)60-24-12-8-18-52(60)58-42-66-72(44-62(58)81)87-74-40-48(46-31-35-50(36-32-46)80(4,5)6)38-70-76(74)83(66)64-26-16-22-56-54-20-10-14-28-68(54)85(70)78(56)64/h7-44H,1-6H3. The van der Waals surface area contributed by atoms with Crippen LogP contribution in [0, 0.1) is 0 Å². The van der Waals surface area contributed by atoms with E-state index in [1.165, 1.54) is 185 Å². The second-order valence-electron chi connectivity index (χ2n) is 27.4. The molecule has 14 aromatic rings. The van der Waals surface area contributed by atoms with Gasteiger partial charge in [0.05, 0.1) is 16.4 Å². The fourth-order valence-corrected chi connectivity index (χ4v) is 19.6. The van der Waals surface area contributed by atoms with Gasteiger partial charge in [-0.15, -0.1) is 0 Å². The molecule has 20 rings (SSSR count). The van der Waals surface area contributed by atoms with Crippen LogP contribution in [0.4, 0.5) is 0 Å². The topological polar surface area (TPSA) is 9.86 Å². The molecule has 2 aliphatic carbocycles. The van der Waals surface area contributed by atoms with E-state index in [-0.39, 0.29) is 24.3 Å². The fourth-order valence-electron chi connectivity index (χ4n) is 17.1. The van der Waals surface area contributed by atoms with Crippen LogP contribution < -0.4 is 32.8 Å². The molecule has 2 nitrogen and oxygen atoms in total. The third kappa shape index (κ3) is 6.28. The van der Waals surface area contributed by atoms with Crippen LogP contribution in [0.1, 0.15) is 74.9 Å². The van der Waals surface area contributed by atoms with Gasteiger partial charge in [0, 0.05) is 63.5 Å². The van der Waals surface area contributed by atoms with Crippen molar-refractivity contribution < 1.29 is 0 Å². The quantitative estimate of drug-likeness (QED) is 0.160. The molecule has 4 aliphatic heterocycles.